The number of carboxylic acid groups (broad SMARTS) is 1. The lowest BCUT2D eigenvalue weighted by atomic mass is 10.0. The van der Waals surface area contributed by atoms with E-state index in [1.165, 1.54) is 19.3 Å². The third kappa shape index (κ3) is 3.54. The zero-order valence-electron chi connectivity index (χ0n) is 11.7. The SMILES string of the molecule is CCCc1nc(C(=O)O)c(CN2CCCCC2C)s1. The predicted octanol–water partition coefficient (Wildman–Crippen LogP) is 3.17. The number of thiazole rings is 1. The third-order valence-electron chi connectivity index (χ3n) is 3.70. The number of carbonyl (C=O) groups is 1. The van der Waals surface area contributed by atoms with Crippen LogP contribution in [0.1, 0.15) is 59.9 Å². The number of carboxylic acids is 1. The van der Waals surface area contributed by atoms with E-state index in [0.717, 1.165) is 35.8 Å². The maximum absolute atomic E-state index is 11.3. The zero-order chi connectivity index (χ0) is 13.8. The molecule has 5 heteroatoms. The monoisotopic (exact) mass is 282 g/mol. The average Bonchev–Trinajstić information content (AvgIpc) is 2.76. The third-order valence-corrected chi connectivity index (χ3v) is 4.80. The van der Waals surface area contributed by atoms with Crippen LogP contribution in [0.25, 0.3) is 0 Å². The van der Waals surface area contributed by atoms with Gasteiger partial charge in [0.15, 0.2) is 5.69 Å². The van der Waals surface area contributed by atoms with Crippen molar-refractivity contribution in [2.45, 2.75) is 58.5 Å². The Labute approximate surface area is 118 Å². The topological polar surface area (TPSA) is 53.4 Å². The van der Waals surface area contributed by atoms with E-state index in [-0.39, 0.29) is 5.69 Å². The maximum Gasteiger partial charge on any atom is 0.355 e. The molecule has 4 nitrogen and oxygen atoms in total. The fourth-order valence-corrected chi connectivity index (χ4v) is 3.76. The Hall–Kier alpha value is -0.940. The molecule has 1 N–H and O–H groups in total. The fraction of sp³-hybridized carbons (Fsp3) is 0.714. The summed E-state index contributed by atoms with van der Waals surface area (Å²) >= 11 is 1.57. The lowest BCUT2D eigenvalue weighted by Gasteiger charge is -2.32. The Kier molecular flexibility index (Phi) is 4.93. The first-order valence-electron chi connectivity index (χ1n) is 7.07. The lowest BCUT2D eigenvalue weighted by Crippen LogP contribution is -2.36. The summed E-state index contributed by atoms with van der Waals surface area (Å²) in [5.74, 6) is -0.890. The van der Waals surface area contributed by atoms with Crippen LogP contribution >= 0.6 is 11.3 Å². The molecule has 106 valence electrons. The Morgan fingerprint density at radius 1 is 1.53 bits per heavy atom. The van der Waals surface area contributed by atoms with E-state index in [2.05, 4.69) is 23.7 Å². The summed E-state index contributed by atoms with van der Waals surface area (Å²) in [7, 11) is 0. The second kappa shape index (κ2) is 6.48. The van der Waals surface area contributed by atoms with Crippen molar-refractivity contribution in [1.29, 1.82) is 0 Å². The predicted molar refractivity (Wildman–Crippen MR) is 76.8 cm³/mol. The highest BCUT2D eigenvalue weighted by atomic mass is 32.1. The van der Waals surface area contributed by atoms with Crippen molar-refractivity contribution in [3.63, 3.8) is 0 Å². The van der Waals surface area contributed by atoms with E-state index in [9.17, 15) is 9.90 Å². The van der Waals surface area contributed by atoms with Crippen molar-refractivity contribution in [2.75, 3.05) is 6.54 Å². The molecule has 0 radical (unpaired) electrons. The minimum absolute atomic E-state index is 0.270. The van der Waals surface area contributed by atoms with Crippen molar-refractivity contribution < 1.29 is 9.90 Å². The van der Waals surface area contributed by atoms with Crippen molar-refractivity contribution in [2.24, 2.45) is 0 Å². The van der Waals surface area contributed by atoms with Gasteiger partial charge in [0.2, 0.25) is 0 Å². The molecule has 0 spiro atoms. The van der Waals surface area contributed by atoms with Gasteiger partial charge < -0.3 is 5.11 Å². The van der Waals surface area contributed by atoms with Crippen molar-refractivity contribution in [1.82, 2.24) is 9.88 Å². The normalized spacial score (nSPS) is 20.6. The number of nitrogens with zero attached hydrogens (tertiary/aromatic N) is 2. The second-order valence-electron chi connectivity index (χ2n) is 5.25. The molecule has 0 aliphatic carbocycles. The minimum atomic E-state index is -0.890. The number of aromatic carboxylic acids is 1. The summed E-state index contributed by atoms with van der Waals surface area (Å²) < 4.78 is 0. The quantitative estimate of drug-likeness (QED) is 0.901. The zero-order valence-corrected chi connectivity index (χ0v) is 12.5. The highest BCUT2D eigenvalue weighted by molar-refractivity contribution is 7.11. The van der Waals surface area contributed by atoms with Crippen LogP contribution in [0, 0.1) is 0 Å². The first-order chi connectivity index (χ1) is 9.11. The molecule has 1 aromatic heterocycles. The molecule has 2 rings (SSSR count). The van der Waals surface area contributed by atoms with Crippen LogP contribution in [0.3, 0.4) is 0 Å². The number of likely N-dealkylation sites (tertiary alicyclic amines) is 1. The highest BCUT2D eigenvalue weighted by Gasteiger charge is 2.23. The molecule has 1 unspecified atom stereocenters. The van der Waals surface area contributed by atoms with Gasteiger partial charge in [-0.05, 0) is 39.2 Å². The summed E-state index contributed by atoms with van der Waals surface area (Å²) in [6.07, 6.45) is 5.59. The number of aromatic nitrogens is 1. The summed E-state index contributed by atoms with van der Waals surface area (Å²) in [5, 5.41) is 10.2. The highest BCUT2D eigenvalue weighted by Crippen LogP contribution is 2.25. The molecule has 1 fully saturated rings. The van der Waals surface area contributed by atoms with Crippen LogP contribution in [-0.2, 0) is 13.0 Å². The molecular weight excluding hydrogens is 260 g/mol. The van der Waals surface area contributed by atoms with Gasteiger partial charge >= 0.3 is 5.97 Å². The fourth-order valence-electron chi connectivity index (χ4n) is 2.57. The Morgan fingerprint density at radius 3 is 2.95 bits per heavy atom. The van der Waals surface area contributed by atoms with Gasteiger partial charge in [-0.25, -0.2) is 9.78 Å². The van der Waals surface area contributed by atoms with Gasteiger partial charge in [-0.1, -0.05) is 13.3 Å². The number of aryl methyl sites for hydroxylation is 1. The van der Waals surface area contributed by atoms with Crippen molar-refractivity contribution in [3.05, 3.63) is 15.6 Å². The first-order valence-corrected chi connectivity index (χ1v) is 7.89. The van der Waals surface area contributed by atoms with E-state index >= 15 is 0 Å². The van der Waals surface area contributed by atoms with Crippen LogP contribution in [0.5, 0.6) is 0 Å². The molecule has 1 aromatic rings. The smallest absolute Gasteiger partial charge is 0.355 e. The van der Waals surface area contributed by atoms with Gasteiger partial charge in [-0.2, -0.15) is 0 Å². The van der Waals surface area contributed by atoms with Gasteiger partial charge in [0.25, 0.3) is 0 Å². The van der Waals surface area contributed by atoms with Crippen molar-refractivity contribution in [3.8, 4) is 0 Å². The minimum Gasteiger partial charge on any atom is -0.476 e. The van der Waals surface area contributed by atoms with Crippen LogP contribution < -0.4 is 0 Å². The van der Waals surface area contributed by atoms with E-state index in [1.807, 2.05) is 0 Å². The van der Waals surface area contributed by atoms with Gasteiger partial charge in [0, 0.05) is 12.6 Å². The van der Waals surface area contributed by atoms with E-state index in [4.69, 9.17) is 0 Å². The van der Waals surface area contributed by atoms with Crippen LogP contribution in [0.4, 0.5) is 0 Å². The summed E-state index contributed by atoms with van der Waals surface area (Å²) in [5.41, 5.74) is 0.270. The first kappa shape index (κ1) is 14.5. The molecule has 1 aliphatic heterocycles. The second-order valence-corrected chi connectivity index (χ2v) is 6.42. The molecule has 1 aliphatic rings. The summed E-state index contributed by atoms with van der Waals surface area (Å²) in [4.78, 5) is 18.9. The van der Waals surface area contributed by atoms with Gasteiger partial charge in [-0.3, -0.25) is 4.90 Å². The van der Waals surface area contributed by atoms with E-state index < -0.39 is 5.97 Å². The van der Waals surface area contributed by atoms with Crippen LogP contribution in [-0.4, -0.2) is 33.5 Å². The molecule has 1 saturated heterocycles. The largest absolute Gasteiger partial charge is 0.476 e. The number of hydrogen-bond donors (Lipinski definition) is 1. The number of hydrogen-bond acceptors (Lipinski definition) is 4. The molecule has 2 heterocycles. The molecule has 1 atom stereocenters. The standard InChI is InChI=1S/C14H22N2O2S/c1-3-6-12-15-13(14(17)18)11(19-12)9-16-8-5-4-7-10(16)2/h10H,3-9H2,1-2H3,(H,17,18). The average molecular weight is 282 g/mol. The number of rotatable bonds is 5. The Bertz CT molecular complexity index is 445. The van der Waals surface area contributed by atoms with Crippen LogP contribution in [0.2, 0.25) is 0 Å². The van der Waals surface area contributed by atoms with Gasteiger partial charge in [-0.15, -0.1) is 11.3 Å². The molecule has 0 saturated carbocycles. The summed E-state index contributed by atoms with van der Waals surface area (Å²) in [6.45, 7) is 6.13. The molecule has 0 aromatic carbocycles. The number of piperidine rings is 1. The van der Waals surface area contributed by atoms with Crippen molar-refractivity contribution >= 4 is 17.3 Å². The van der Waals surface area contributed by atoms with Gasteiger partial charge in [0.05, 0.1) is 9.88 Å². The maximum atomic E-state index is 11.3. The Balaban J connectivity index is 2.15. The molecule has 19 heavy (non-hydrogen) atoms. The summed E-state index contributed by atoms with van der Waals surface area (Å²) in [6, 6.07) is 0.548. The van der Waals surface area contributed by atoms with E-state index in [1.54, 1.807) is 11.3 Å². The van der Waals surface area contributed by atoms with Gasteiger partial charge in [0.1, 0.15) is 0 Å². The molecule has 0 bridgehead atoms. The Morgan fingerprint density at radius 2 is 2.32 bits per heavy atom. The molecular formula is C14H22N2O2S. The lowest BCUT2D eigenvalue weighted by molar-refractivity contribution is 0.0687. The molecule has 0 amide bonds. The van der Waals surface area contributed by atoms with E-state index in [0.29, 0.717) is 6.04 Å². The van der Waals surface area contributed by atoms with Crippen LogP contribution in [0.15, 0.2) is 0 Å².